The van der Waals surface area contributed by atoms with Crippen molar-refractivity contribution in [2.24, 2.45) is 0 Å². The van der Waals surface area contributed by atoms with Crippen LogP contribution in [0.2, 0.25) is 0 Å². The molecule has 1 saturated heterocycles. The third-order valence-corrected chi connectivity index (χ3v) is 5.69. The molecule has 2 aliphatic rings. The van der Waals surface area contributed by atoms with E-state index in [9.17, 15) is 20.2 Å². The van der Waals surface area contributed by atoms with E-state index in [0.717, 1.165) is 16.8 Å². The van der Waals surface area contributed by atoms with E-state index in [2.05, 4.69) is 4.90 Å². The Balaban J connectivity index is 1.75. The van der Waals surface area contributed by atoms with Crippen molar-refractivity contribution in [2.75, 3.05) is 18.1 Å². The molecule has 4 rings (SSSR count). The van der Waals surface area contributed by atoms with Crippen molar-refractivity contribution >= 4 is 23.1 Å². The highest BCUT2D eigenvalue weighted by molar-refractivity contribution is 5.71. The molecular formula is C20H19N3O5. The van der Waals surface area contributed by atoms with Crippen molar-refractivity contribution in [1.29, 1.82) is 0 Å². The summed E-state index contributed by atoms with van der Waals surface area (Å²) in [6.45, 7) is 5.26. The fraction of sp³-hybridized carbons (Fsp3) is 0.300. The maximum atomic E-state index is 11.2. The number of hydrogen-bond acceptors (Lipinski definition) is 6. The first kappa shape index (κ1) is 18.1. The number of fused-ring (bicyclic) bond motifs is 3. The predicted octanol–water partition coefficient (Wildman–Crippen LogP) is 4.04. The molecule has 144 valence electrons. The monoisotopic (exact) mass is 381 g/mol. The van der Waals surface area contributed by atoms with Crippen molar-refractivity contribution in [3.8, 4) is 0 Å². The highest BCUT2D eigenvalue weighted by Crippen LogP contribution is 2.55. The minimum atomic E-state index is -0.771. The van der Waals surface area contributed by atoms with Crippen LogP contribution in [0.5, 0.6) is 0 Å². The Bertz CT molecular complexity index is 999. The lowest BCUT2D eigenvalue weighted by molar-refractivity contribution is -0.385. The first-order valence-corrected chi connectivity index (χ1v) is 8.90. The van der Waals surface area contributed by atoms with Gasteiger partial charge in [-0.05, 0) is 35.4 Å². The molecule has 2 aliphatic heterocycles. The second-order valence-electron chi connectivity index (χ2n) is 7.46. The fourth-order valence-electron chi connectivity index (χ4n) is 4.18. The maximum Gasteiger partial charge on any atom is 0.269 e. The second-order valence-corrected chi connectivity index (χ2v) is 7.46. The molecule has 1 atom stereocenters. The molecular weight excluding hydrogens is 362 g/mol. The summed E-state index contributed by atoms with van der Waals surface area (Å²) < 4.78 is 6.21. The van der Waals surface area contributed by atoms with E-state index < -0.39 is 16.1 Å². The van der Waals surface area contributed by atoms with Gasteiger partial charge in [-0.15, -0.1) is 0 Å². The van der Waals surface area contributed by atoms with E-state index in [1.54, 1.807) is 24.3 Å². The number of benzene rings is 2. The van der Waals surface area contributed by atoms with Gasteiger partial charge in [-0.25, -0.2) is 0 Å². The molecule has 0 amide bonds. The summed E-state index contributed by atoms with van der Waals surface area (Å²) in [5.74, 6) is 0. The van der Waals surface area contributed by atoms with Crippen molar-refractivity contribution in [3.63, 3.8) is 0 Å². The molecule has 2 heterocycles. The topological polar surface area (TPSA) is 98.8 Å². The highest BCUT2D eigenvalue weighted by atomic mass is 16.6. The van der Waals surface area contributed by atoms with Crippen LogP contribution in [0.4, 0.5) is 17.1 Å². The molecule has 8 nitrogen and oxygen atoms in total. The van der Waals surface area contributed by atoms with E-state index in [0.29, 0.717) is 13.2 Å². The summed E-state index contributed by atoms with van der Waals surface area (Å²) in [5, 5.41) is 22.1. The van der Waals surface area contributed by atoms with Gasteiger partial charge in [-0.3, -0.25) is 20.2 Å². The summed E-state index contributed by atoms with van der Waals surface area (Å²) in [5.41, 5.74) is 1.41. The number of nitrogens with zero attached hydrogens (tertiary/aromatic N) is 3. The van der Waals surface area contributed by atoms with Crippen LogP contribution in [0.25, 0.3) is 6.08 Å². The predicted molar refractivity (Wildman–Crippen MR) is 104 cm³/mol. The molecule has 0 radical (unpaired) electrons. The molecule has 28 heavy (non-hydrogen) atoms. The summed E-state index contributed by atoms with van der Waals surface area (Å²) in [4.78, 5) is 23.4. The fourth-order valence-corrected chi connectivity index (χ4v) is 4.18. The Morgan fingerprint density at radius 3 is 2.32 bits per heavy atom. The van der Waals surface area contributed by atoms with Crippen LogP contribution < -0.4 is 4.90 Å². The van der Waals surface area contributed by atoms with Gasteiger partial charge >= 0.3 is 0 Å². The summed E-state index contributed by atoms with van der Waals surface area (Å²) in [6.07, 6.45) is 3.83. The van der Waals surface area contributed by atoms with E-state index in [1.807, 2.05) is 26.0 Å². The first-order valence-electron chi connectivity index (χ1n) is 8.90. The van der Waals surface area contributed by atoms with Crippen LogP contribution in [0.3, 0.4) is 0 Å². The van der Waals surface area contributed by atoms with Gasteiger partial charge in [0.05, 0.1) is 16.5 Å². The molecule has 1 unspecified atom stereocenters. The number of non-ortho nitro benzene ring substituents is 2. The van der Waals surface area contributed by atoms with Crippen molar-refractivity contribution in [3.05, 3.63) is 79.9 Å². The number of ether oxygens (including phenoxy) is 1. The molecule has 0 N–H and O–H groups in total. The van der Waals surface area contributed by atoms with Crippen LogP contribution in [-0.2, 0) is 10.2 Å². The normalized spacial score (nSPS) is 22.3. The molecule has 8 heteroatoms. The third-order valence-electron chi connectivity index (χ3n) is 5.69. The standard InChI is InChI=1S/C20H19N3O5/c1-19(2)17-13-16(23(26)27)7-8-18(17)21-11-12-28-20(19,21)10-9-14-3-5-15(6-4-14)22(24)25/h3-10,13H,11-12H2,1-2H3/b10-9+. The average molecular weight is 381 g/mol. The Hall–Kier alpha value is -3.26. The van der Waals surface area contributed by atoms with Gasteiger partial charge in [-0.2, -0.15) is 0 Å². The number of nitro benzene ring substituents is 2. The van der Waals surface area contributed by atoms with Gasteiger partial charge in [0.2, 0.25) is 0 Å². The zero-order chi connectivity index (χ0) is 20.1. The zero-order valence-electron chi connectivity index (χ0n) is 15.5. The van der Waals surface area contributed by atoms with Gasteiger partial charge in [0.1, 0.15) is 0 Å². The minimum Gasteiger partial charge on any atom is -0.349 e. The first-order chi connectivity index (χ1) is 13.3. The molecule has 0 saturated carbocycles. The quantitative estimate of drug-likeness (QED) is 0.585. The SMILES string of the molecule is CC1(C)c2cc([N+](=O)[O-])ccc2N2CCOC21/C=C/c1ccc([N+](=O)[O-])cc1. The Morgan fingerprint density at radius 2 is 1.68 bits per heavy atom. The summed E-state index contributed by atoms with van der Waals surface area (Å²) in [6, 6.07) is 11.2. The van der Waals surface area contributed by atoms with Gasteiger partial charge in [0.25, 0.3) is 11.4 Å². The zero-order valence-corrected chi connectivity index (χ0v) is 15.5. The minimum absolute atomic E-state index is 0.0370. The van der Waals surface area contributed by atoms with Gasteiger partial charge in [-0.1, -0.05) is 19.9 Å². The average Bonchev–Trinajstić information content (AvgIpc) is 3.17. The number of hydrogen-bond donors (Lipinski definition) is 0. The summed E-state index contributed by atoms with van der Waals surface area (Å²) >= 11 is 0. The largest absolute Gasteiger partial charge is 0.349 e. The van der Waals surface area contributed by atoms with Crippen molar-refractivity contribution in [2.45, 2.75) is 25.0 Å². The number of nitro groups is 2. The number of anilines is 1. The lowest BCUT2D eigenvalue weighted by Gasteiger charge is -2.39. The van der Waals surface area contributed by atoms with Gasteiger partial charge in [0, 0.05) is 41.9 Å². The second kappa shape index (κ2) is 6.13. The van der Waals surface area contributed by atoms with Crippen LogP contribution >= 0.6 is 0 Å². The number of rotatable bonds is 4. The Morgan fingerprint density at radius 1 is 1.04 bits per heavy atom. The van der Waals surface area contributed by atoms with Gasteiger partial charge < -0.3 is 9.64 Å². The Labute approximate surface area is 161 Å². The van der Waals surface area contributed by atoms with E-state index in [4.69, 9.17) is 4.74 Å². The van der Waals surface area contributed by atoms with E-state index in [1.165, 1.54) is 18.2 Å². The smallest absolute Gasteiger partial charge is 0.269 e. The van der Waals surface area contributed by atoms with Crippen LogP contribution in [0, 0.1) is 20.2 Å². The third kappa shape index (κ3) is 2.49. The lowest BCUT2D eigenvalue weighted by Crippen LogP contribution is -2.51. The Kier molecular flexibility index (Phi) is 3.97. The molecule has 1 fully saturated rings. The van der Waals surface area contributed by atoms with E-state index in [-0.39, 0.29) is 16.3 Å². The van der Waals surface area contributed by atoms with Crippen LogP contribution in [0.1, 0.15) is 25.0 Å². The van der Waals surface area contributed by atoms with E-state index >= 15 is 0 Å². The molecule has 0 aliphatic carbocycles. The van der Waals surface area contributed by atoms with Gasteiger partial charge in [0.15, 0.2) is 5.72 Å². The lowest BCUT2D eigenvalue weighted by atomic mass is 9.77. The van der Waals surface area contributed by atoms with Crippen LogP contribution in [-0.4, -0.2) is 28.7 Å². The molecule has 0 aromatic heterocycles. The summed E-state index contributed by atoms with van der Waals surface area (Å²) in [7, 11) is 0. The molecule has 2 aromatic rings. The highest BCUT2D eigenvalue weighted by Gasteiger charge is 2.59. The maximum absolute atomic E-state index is 11.2. The van der Waals surface area contributed by atoms with Crippen molar-refractivity contribution < 1.29 is 14.6 Å². The van der Waals surface area contributed by atoms with Crippen LogP contribution in [0.15, 0.2) is 48.5 Å². The molecule has 2 aromatic carbocycles. The molecule has 0 spiro atoms. The van der Waals surface area contributed by atoms with Crippen molar-refractivity contribution in [1.82, 2.24) is 0 Å². The molecule has 0 bridgehead atoms.